The number of hydrogen-bond acceptors (Lipinski definition) is 5. The third-order valence-electron chi connectivity index (χ3n) is 4.51. The van der Waals surface area contributed by atoms with Gasteiger partial charge >= 0.3 is 0 Å². The Kier molecular flexibility index (Phi) is 5.09. The van der Waals surface area contributed by atoms with Crippen LogP contribution in [0.2, 0.25) is 5.02 Å². The van der Waals surface area contributed by atoms with Crippen LogP contribution < -0.4 is 5.32 Å². The molecule has 0 unspecified atom stereocenters. The maximum Gasteiger partial charge on any atom is 0.156 e. The molecule has 1 aliphatic heterocycles. The number of aromatic nitrogens is 2. The SMILES string of the molecule is O[C@H]1CCN(Cc2cnc3c(Nc4cccc(Br)c4Cl)nccc3c2)C1. The molecule has 0 aliphatic carbocycles. The summed E-state index contributed by atoms with van der Waals surface area (Å²) in [5.74, 6) is 0.672. The van der Waals surface area contributed by atoms with Gasteiger partial charge in [-0.25, -0.2) is 4.98 Å². The molecule has 1 fully saturated rings. The Balaban J connectivity index is 1.61. The van der Waals surface area contributed by atoms with Crippen molar-refractivity contribution in [3.05, 3.63) is 57.8 Å². The van der Waals surface area contributed by atoms with Gasteiger partial charge in [0.2, 0.25) is 0 Å². The van der Waals surface area contributed by atoms with E-state index >= 15 is 0 Å². The second-order valence-electron chi connectivity index (χ2n) is 6.48. The molecule has 26 heavy (non-hydrogen) atoms. The van der Waals surface area contributed by atoms with Gasteiger partial charge in [0.25, 0.3) is 0 Å². The fourth-order valence-corrected chi connectivity index (χ4v) is 3.76. The first-order valence-corrected chi connectivity index (χ1v) is 9.62. The Morgan fingerprint density at radius 3 is 3.00 bits per heavy atom. The zero-order chi connectivity index (χ0) is 18.1. The lowest BCUT2D eigenvalue weighted by molar-refractivity contribution is 0.175. The monoisotopic (exact) mass is 432 g/mol. The van der Waals surface area contributed by atoms with E-state index in [9.17, 15) is 5.11 Å². The summed E-state index contributed by atoms with van der Waals surface area (Å²) in [5, 5.41) is 14.6. The first kappa shape index (κ1) is 17.7. The highest BCUT2D eigenvalue weighted by Gasteiger charge is 2.20. The second-order valence-corrected chi connectivity index (χ2v) is 7.71. The van der Waals surface area contributed by atoms with Crippen LogP contribution >= 0.6 is 27.5 Å². The number of rotatable bonds is 4. The second kappa shape index (κ2) is 7.48. The van der Waals surface area contributed by atoms with Gasteiger partial charge in [-0.05, 0) is 52.2 Å². The van der Waals surface area contributed by atoms with Crippen molar-refractivity contribution in [2.45, 2.75) is 19.1 Å². The van der Waals surface area contributed by atoms with Crippen LogP contribution in [0.25, 0.3) is 10.9 Å². The van der Waals surface area contributed by atoms with Crippen molar-refractivity contribution in [2.75, 3.05) is 18.4 Å². The van der Waals surface area contributed by atoms with Gasteiger partial charge in [-0.15, -0.1) is 0 Å². The normalized spacial score (nSPS) is 17.7. The molecule has 134 valence electrons. The number of aliphatic hydroxyl groups excluding tert-OH is 1. The minimum atomic E-state index is -0.210. The number of hydrogen-bond donors (Lipinski definition) is 2. The summed E-state index contributed by atoms with van der Waals surface area (Å²) in [7, 11) is 0. The molecule has 2 N–H and O–H groups in total. The lowest BCUT2D eigenvalue weighted by Crippen LogP contribution is -2.21. The summed E-state index contributed by atoms with van der Waals surface area (Å²) in [4.78, 5) is 11.3. The topological polar surface area (TPSA) is 61.3 Å². The van der Waals surface area contributed by atoms with Crippen LogP contribution in [0.4, 0.5) is 11.5 Å². The first-order valence-electron chi connectivity index (χ1n) is 8.45. The molecule has 1 aromatic carbocycles. The fourth-order valence-electron chi connectivity index (χ4n) is 3.23. The van der Waals surface area contributed by atoms with Crippen molar-refractivity contribution in [3.8, 4) is 0 Å². The highest BCUT2D eigenvalue weighted by Crippen LogP contribution is 2.33. The van der Waals surface area contributed by atoms with Crippen LogP contribution in [0.15, 0.2) is 47.2 Å². The van der Waals surface area contributed by atoms with E-state index in [1.807, 2.05) is 30.5 Å². The number of benzene rings is 1. The van der Waals surface area contributed by atoms with Gasteiger partial charge in [-0.1, -0.05) is 17.7 Å². The van der Waals surface area contributed by atoms with Crippen LogP contribution in [0.1, 0.15) is 12.0 Å². The molecule has 0 spiro atoms. The third-order valence-corrected chi connectivity index (χ3v) is 5.81. The summed E-state index contributed by atoms with van der Waals surface area (Å²) in [6, 6.07) is 9.80. The quantitative estimate of drug-likeness (QED) is 0.640. The molecule has 0 radical (unpaired) electrons. The van der Waals surface area contributed by atoms with Crippen molar-refractivity contribution < 1.29 is 5.11 Å². The molecule has 2 aromatic heterocycles. The molecule has 1 saturated heterocycles. The fraction of sp³-hybridized carbons (Fsp3) is 0.263. The van der Waals surface area contributed by atoms with E-state index in [4.69, 9.17) is 11.6 Å². The lowest BCUT2D eigenvalue weighted by Gasteiger charge is -2.15. The van der Waals surface area contributed by atoms with E-state index in [1.165, 1.54) is 0 Å². The summed E-state index contributed by atoms with van der Waals surface area (Å²) >= 11 is 9.78. The lowest BCUT2D eigenvalue weighted by atomic mass is 10.2. The average Bonchev–Trinajstić information content (AvgIpc) is 3.04. The standard InChI is InChI=1S/C19H18BrClN4O/c20-15-2-1-3-16(17(15)21)24-19-18-13(4-6-22-19)8-12(9-23-18)10-25-7-5-14(26)11-25/h1-4,6,8-9,14,26H,5,7,10-11H2,(H,22,24)/t14-/m0/s1. The predicted octanol–water partition coefficient (Wildman–Crippen LogP) is 4.36. The summed E-state index contributed by atoms with van der Waals surface area (Å²) < 4.78 is 0.826. The molecule has 1 aliphatic rings. The number of nitrogens with zero attached hydrogens (tertiary/aromatic N) is 3. The van der Waals surface area contributed by atoms with Gasteiger partial charge in [0, 0.05) is 41.9 Å². The number of aliphatic hydroxyl groups is 1. The van der Waals surface area contributed by atoms with Gasteiger partial charge in [-0.3, -0.25) is 9.88 Å². The number of halogens is 2. The summed E-state index contributed by atoms with van der Waals surface area (Å²) in [6.45, 7) is 2.44. The Hall–Kier alpha value is -1.73. The predicted molar refractivity (Wildman–Crippen MR) is 108 cm³/mol. The average molecular weight is 434 g/mol. The zero-order valence-electron chi connectivity index (χ0n) is 14.0. The number of fused-ring (bicyclic) bond motifs is 1. The molecule has 7 heteroatoms. The molecule has 0 amide bonds. The molecule has 3 aromatic rings. The van der Waals surface area contributed by atoms with Crippen LogP contribution in [-0.2, 0) is 6.54 Å². The zero-order valence-corrected chi connectivity index (χ0v) is 16.3. The molecule has 0 saturated carbocycles. The molecule has 3 heterocycles. The maximum atomic E-state index is 9.68. The highest BCUT2D eigenvalue weighted by atomic mass is 79.9. The van der Waals surface area contributed by atoms with Gasteiger partial charge in [0.15, 0.2) is 5.82 Å². The molecule has 4 rings (SSSR count). The van der Waals surface area contributed by atoms with E-state index < -0.39 is 0 Å². The van der Waals surface area contributed by atoms with E-state index in [0.717, 1.165) is 52.7 Å². The minimum Gasteiger partial charge on any atom is -0.392 e. The van der Waals surface area contributed by atoms with Gasteiger partial charge < -0.3 is 10.4 Å². The number of likely N-dealkylation sites (tertiary alicyclic amines) is 1. The van der Waals surface area contributed by atoms with E-state index in [1.54, 1.807) is 6.20 Å². The number of anilines is 2. The van der Waals surface area contributed by atoms with Crippen LogP contribution in [-0.4, -0.2) is 39.2 Å². The van der Waals surface area contributed by atoms with E-state index in [0.29, 0.717) is 10.8 Å². The molecular formula is C19H18BrClN4O. The third kappa shape index (κ3) is 3.69. The Morgan fingerprint density at radius 2 is 2.19 bits per heavy atom. The minimum absolute atomic E-state index is 0.210. The van der Waals surface area contributed by atoms with Crippen molar-refractivity contribution in [2.24, 2.45) is 0 Å². The van der Waals surface area contributed by atoms with Crippen LogP contribution in [0.3, 0.4) is 0 Å². The number of pyridine rings is 2. The van der Waals surface area contributed by atoms with Crippen LogP contribution in [0.5, 0.6) is 0 Å². The number of β-amino-alcohol motifs (C(OH)–C–C–N with tert-alkyl or cyclic N) is 1. The van der Waals surface area contributed by atoms with Crippen molar-refractivity contribution in [1.82, 2.24) is 14.9 Å². The Bertz CT molecular complexity index is 952. The van der Waals surface area contributed by atoms with Gasteiger partial charge in [0.1, 0.15) is 5.52 Å². The molecule has 1 atom stereocenters. The van der Waals surface area contributed by atoms with E-state index in [-0.39, 0.29) is 6.10 Å². The van der Waals surface area contributed by atoms with Crippen molar-refractivity contribution in [3.63, 3.8) is 0 Å². The Labute approximate surface area is 165 Å². The molecular weight excluding hydrogens is 416 g/mol. The largest absolute Gasteiger partial charge is 0.392 e. The first-order chi connectivity index (χ1) is 12.6. The number of nitrogens with one attached hydrogen (secondary N) is 1. The van der Waals surface area contributed by atoms with Crippen LogP contribution in [0, 0.1) is 0 Å². The van der Waals surface area contributed by atoms with Gasteiger partial charge in [-0.2, -0.15) is 0 Å². The summed E-state index contributed by atoms with van der Waals surface area (Å²) in [6.07, 6.45) is 4.27. The molecule has 5 nitrogen and oxygen atoms in total. The van der Waals surface area contributed by atoms with Crippen molar-refractivity contribution in [1.29, 1.82) is 0 Å². The van der Waals surface area contributed by atoms with Crippen molar-refractivity contribution >= 4 is 49.9 Å². The maximum absolute atomic E-state index is 9.68. The van der Waals surface area contributed by atoms with Gasteiger partial charge in [0.05, 0.1) is 16.8 Å². The highest BCUT2D eigenvalue weighted by molar-refractivity contribution is 9.10. The molecule has 0 bridgehead atoms. The smallest absolute Gasteiger partial charge is 0.156 e. The van der Waals surface area contributed by atoms with E-state index in [2.05, 4.69) is 42.2 Å². The Morgan fingerprint density at radius 1 is 1.31 bits per heavy atom. The summed E-state index contributed by atoms with van der Waals surface area (Å²) in [5.41, 5.74) is 2.70.